The predicted octanol–water partition coefficient (Wildman–Crippen LogP) is 1.96. The van der Waals surface area contributed by atoms with E-state index in [0.29, 0.717) is 17.4 Å². The average molecular weight is 256 g/mol. The summed E-state index contributed by atoms with van der Waals surface area (Å²) >= 11 is 0. The molecular formula is C12H18ClN3O. The van der Waals surface area contributed by atoms with Crippen molar-refractivity contribution in [2.24, 2.45) is 5.92 Å². The number of nitrogen functional groups attached to an aromatic ring is 1. The first kappa shape index (κ1) is 13.8. The summed E-state index contributed by atoms with van der Waals surface area (Å²) in [5.74, 6) is 0.980. The Bertz CT molecular complexity index is 397. The van der Waals surface area contributed by atoms with E-state index in [9.17, 15) is 4.79 Å². The van der Waals surface area contributed by atoms with Gasteiger partial charge in [0.05, 0.1) is 0 Å². The molecule has 17 heavy (non-hydrogen) atoms. The molecular weight excluding hydrogens is 238 g/mol. The third-order valence-corrected chi connectivity index (χ3v) is 2.93. The van der Waals surface area contributed by atoms with Crippen LogP contribution < -0.4 is 5.73 Å². The van der Waals surface area contributed by atoms with Crippen LogP contribution in [0.1, 0.15) is 30.3 Å². The molecule has 1 aromatic rings. The van der Waals surface area contributed by atoms with Crippen molar-refractivity contribution >= 4 is 24.1 Å². The topological polar surface area (TPSA) is 59.2 Å². The third-order valence-electron chi connectivity index (χ3n) is 2.93. The lowest BCUT2D eigenvalue weighted by Crippen LogP contribution is -2.39. The Hall–Kier alpha value is -1.29. The van der Waals surface area contributed by atoms with Gasteiger partial charge in [0, 0.05) is 13.1 Å². The summed E-state index contributed by atoms with van der Waals surface area (Å²) in [6.07, 6.45) is 2.28. The molecule has 1 fully saturated rings. The summed E-state index contributed by atoms with van der Waals surface area (Å²) in [4.78, 5) is 18.0. The fourth-order valence-electron chi connectivity index (χ4n) is 2.11. The van der Waals surface area contributed by atoms with E-state index in [-0.39, 0.29) is 18.3 Å². The van der Waals surface area contributed by atoms with E-state index in [1.54, 1.807) is 18.2 Å². The second-order valence-electron chi connectivity index (χ2n) is 4.45. The maximum Gasteiger partial charge on any atom is 0.272 e. The molecule has 94 valence electrons. The highest BCUT2D eigenvalue weighted by molar-refractivity contribution is 5.92. The number of nitrogens with two attached hydrogens (primary N) is 1. The van der Waals surface area contributed by atoms with Crippen LogP contribution in [0, 0.1) is 5.92 Å². The number of hydrogen-bond donors (Lipinski definition) is 1. The van der Waals surface area contributed by atoms with Crippen molar-refractivity contribution in [2.75, 3.05) is 18.8 Å². The highest BCUT2D eigenvalue weighted by atomic mass is 35.5. The van der Waals surface area contributed by atoms with Crippen molar-refractivity contribution in [2.45, 2.75) is 19.8 Å². The van der Waals surface area contributed by atoms with E-state index >= 15 is 0 Å². The first-order chi connectivity index (χ1) is 7.66. The van der Waals surface area contributed by atoms with Crippen LogP contribution >= 0.6 is 12.4 Å². The lowest BCUT2D eigenvalue weighted by molar-refractivity contribution is 0.0677. The van der Waals surface area contributed by atoms with E-state index in [4.69, 9.17) is 5.73 Å². The quantitative estimate of drug-likeness (QED) is 0.835. The molecule has 2 heterocycles. The predicted molar refractivity (Wildman–Crippen MR) is 70.2 cm³/mol. The minimum absolute atomic E-state index is 0. The van der Waals surface area contributed by atoms with Crippen LogP contribution in [0.3, 0.4) is 0 Å². The Morgan fingerprint density at radius 2 is 2.29 bits per heavy atom. The van der Waals surface area contributed by atoms with Crippen molar-refractivity contribution in [1.82, 2.24) is 9.88 Å². The zero-order chi connectivity index (χ0) is 11.5. The van der Waals surface area contributed by atoms with Gasteiger partial charge in [-0.05, 0) is 30.9 Å². The zero-order valence-electron chi connectivity index (χ0n) is 9.93. The summed E-state index contributed by atoms with van der Waals surface area (Å²) in [5, 5.41) is 0. The standard InChI is InChI=1S/C12H17N3O.ClH/c1-9-4-3-7-15(8-9)12(16)10-5-2-6-11(13)14-10;/h2,5-6,9H,3-4,7-8H2,1H3,(H2,13,14);1H. The summed E-state index contributed by atoms with van der Waals surface area (Å²) in [6.45, 7) is 3.83. The Labute approximate surface area is 108 Å². The van der Waals surface area contributed by atoms with Crippen LogP contribution in [0.25, 0.3) is 0 Å². The number of pyridine rings is 1. The van der Waals surface area contributed by atoms with Crippen LogP contribution in [-0.4, -0.2) is 28.9 Å². The number of halogens is 1. The van der Waals surface area contributed by atoms with Crippen LogP contribution in [0.15, 0.2) is 18.2 Å². The average Bonchev–Trinajstić information content (AvgIpc) is 2.28. The molecule has 1 aliphatic rings. The van der Waals surface area contributed by atoms with Gasteiger partial charge in [0.2, 0.25) is 0 Å². The molecule has 1 saturated heterocycles. The number of hydrogen-bond acceptors (Lipinski definition) is 3. The summed E-state index contributed by atoms with van der Waals surface area (Å²) in [6, 6.07) is 5.18. The number of aromatic nitrogens is 1. The Kier molecular flexibility index (Phi) is 4.75. The molecule has 1 aromatic heterocycles. The van der Waals surface area contributed by atoms with Gasteiger partial charge in [0.15, 0.2) is 0 Å². The van der Waals surface area contributed by atoms with Crippen molar-refractivity contribution < 1.29 is 4.79 Å². The first-order valence-corrected chi connectivity index (χ1v) is 5.68. The van der Waals surface area contributed by atoms with Gasteiger partial charge in [0.25, 0.3) is 5.91 Å². The molecule has 2 N–H and O–H groups in total. The highest BCUT2D eigenvalue weighted by Crippen LogP contribution is 2.17. The minimum Gasteiger partial charge on any atom is -0.384 e. The van der Waals surface area contributed by atoms with Crippen LogP contribution in [-0.2, 0) is 0 Å². The lowest BCUT2D eigenvalue weighted by atomic mass is 10.00. The molecule has 0 aromatic carbocycles. The van der Waals surface area contributed by atoms with Gasteiger partial charge >= 0.3 is 0 Å². The number of piperidine rings is 1. The van der Waals surface area contributed by atoms with E-state index in [1.165, 1.54) is 6.42 Å². The molecule has 0 saturated carbocycles. The van der Waals surface area contributed by atoms with Gasteiger partial charge < -0.3 is 10.6 Å². The van der Waals surface area contributed by atoms with Crippen molar-refractivity contribution in [3.05, 3.63) is 23.9 Å². The zero-order valence-corrected chi connectivity index (χ0v) is 10.7. The Balaban J connectivity index is 0.00000144. The molecule has 1 aliphatic heterocycles. The molecule has 2 rings (SSSR count). The maximum atomic E-state index is 12.1. The van der Waals surface area contributed by atoms with Gasteiger partial charge in [-0.2, -0.15) is 0 Å². The molecule has 1 amide bonds. The van der Waals surface area contributed by atoms with E-state index in [2.05, 4.69) is 11.9 Å². The normalized spacial score (nSPS) is 19.6. The Morgan fingerprint density at radius 3 is 2.94 bits per heavy atom. The minimum atomic E-state index is -0.00106. The number of nitrogens with zero attached hydrogens (tertiary/aromatic N) is 2. The van der Waals surface area contributed by atoms with Crippen LogP contribution in [0.5, 0.6) is 0 Å². The fraction of sp³-hybridized carbons (Fsp3) is 0.500. The number of carbonyl (C=O) groups is 1. The van der Waals surface area contributed by atoms with Gasteiger partial charge in [-0.15, -0.1) is 12.4 Å². The second-order valence-corrected chi connectivity index (χ2v) is 4.45. The van der Waals surface area contributed by atoms with Crippen molar-refractivity contribution in [3.63, 3.8) is 0 Å². The van der Waals surface area contributed by atoms with Crippen molar-refractivity contribution in [3.8, 4) is 0 Å². The highest BCUT2D eigenvalue weighted by Gasteiger charge is 2.22. The van der Waals surface area contributed by atoms with Crippen molar-refractivity contribution in [1.29, 1.82) is 0 Å². The van der Waals surface area contributed by atoms with Crippen LogP contribution in [0.2, 0.25) is 0 Å². The molecule has 0 radical (unpaired) electrons. The molecule has 4 nitrogen and oxygen atoms in total. The summed E-state index contributed by atoms with van der Waals surface area (Å²) in [7, 11) is 0. The third kappa shape index (κ3) is 3.33. The monoisotopic (exact) mass is 255 g/mol. The fourth-order valence-corrected chi connectivity index (χ4v) is 2.11. The largest absolute Gasteiger partial charge is 0.384 e. The van der Waals surface area contributed by atoms with Gasteiger partial charge in [0.1, 0.15) is 11.5 Å². The van der Waals surface area contributed by atoms with Gasteiger partial charge in [-0.25, -0.2) is 4.98 Å². The smallest absolute Gasteiger partial charge is 0.272 e. The Morgan fingerprint density at radius 1 is 1.53 bits per heavy atom. The number of carbonyl (C=O) groups excluding carboxylic acids is 1. The second kappa shape index (κ2) is 5.87. The molecule has 5 heteroatoms. The molecule has 0 bridgehead atoms. The van der Waals surface area contributed by atoms with E-state index in [0.717, 1.165) is 19.5 Å². The molecule has 1 atom stereocenters. The number of anilines is 1. The number of rotatable bonds is 1. The SMILES string of the molecule is CC1CCCN(C(=O)c2cccc(N)n2)C1.Cl. The first-order valence-electron chi connectivity index (χ1n) is 5.68. The summed E-state index contributed by atoms with van der Waals surface area (Å²) in [5.41, 5.74) is 6.02. The lowest BCUT2D eigenvalue weighted by Gasteiger charge is -2.30. The van der Waals surface area contributed by atoms with Gasteiger partial charge in [-0.1, -0.05) is 13.0 Å². The van der Waals surface area contributed by atoms with Crippen LogP contribution in [0.4, 0.5) is 5.82 Å². The van der Waals surface area contributed by atoms with E-state index in [1.807, 2.05) is 4.90 Å². The number of likely N-dealkylation sites (tertiary alicyclic amines) is 1. The maximum absolute atomic E-state index is 12.1. The molecule has 0 aliphatic carbocycles. The van der Waals surface area contributed by atoms with E-state index < -0.39 is 0 Å². The number of amides is 1. The molecule has 1 unspecified atom stereocenters. The molecule has 0 spiro atoms. The van der Waals surface area contributed by atoms with Gasteiger partial charge in [-0.3, -0.25) is 4.79 Å². The summed E-state index contributed by atoms with van der Waals surface area (Å²) < 4.78 is 0.